The predicted molar refractivity (Wildman–Crippen MR) is 68.8 cm³/mol. The maximum absolute atomic E-state index is 13.8. The molecule has 0 unspecified atom stereocenters. The van der Waals surface area contributed by atoms with Crippen LogP contribution >= 0.6 is 0 Å². The first-order chi connectivity index (χ1) is 8.58. The SMILES string of the molecule is CNc1ncc(F)c(N(CCC#N)CC(C)C)n1. The van der Waals surface area contributed by atoms with Crippen LogP contribution in [0, 0.1) is 23.1 Å². The lowest BCUT2D eigenvalue weighted by Crippen LogP contribution is -2.30. The van der Waals surface area contributed by atoms with Crippen LogP contribution in [0.25, 0.3) is 0 Å². The number of nitrogens with zero attached hydrogens (tertiary/aromatic N) is 4. The molecule has 98 valence electrons. The molecule has 0 bridgehead atoms. The van der Waals surface area contributed by atoms with E-state index in [2.05, 4.69) is 21.4 Å². The topological polar surface area (TPSA) is 64.8 Å². The quantitative estimate of drug-likeness (QED) is 0.838. The second kappa shape index (κ2) is 6.74. The molecule has 18 heavy (non-hydrogen) atoms. The van der Waals surface area contributed by atoms with Crippen molar-refractivity contribution in [1.29, 1.82) is 5.26 Å². The smallest absolute Gasteiger partial charge is 0.224 e. The molecule has 0 fully saturated rings. The van der Waals surface area contributed by atoms with E-state index < -0.39 is 5.82 Å². The molecule has 1 aromatic rings. The number of nitrogens with one attached hydrogen (secondary N) is 1. The van der Waals surface area contributed by atoms with Gasteiger partial charge in [-0.05, 0) is 5.92 Å². The Hall–Kier alpha value is -1.90. The van der Waals surface area contributed by atoms with Crippen LogP contribution in [0.4, 0.5) is 16.2 Å². The van der Waals surface area contributed by atoms with E-state index in [1.54, 1.807) is 11.9 Å². The summed E-state index contributed by atoms with van der Waals surface area (Å²) >= 11 is 0. The molecular weight excluding hydrogens is 233 g/mol. The van der Waals surface area contributed by atoms with Crippen molar-refractivity contribution in [2.45, 2.75) is 20.3 Å². The molecule has 5 nitrogen and oxygen atoms in total. The highest BCUT2D eigenvalue weighted by Gasteiger charge is 2.15. The van der Waals surface area contributed by atoms with E-state index in [0.717, 1.165) is 6.20 Å². The van der Waals surface area contributed by atoms with Crippen LogP contribution in [0.2, 0.25) is 0 Å². The molecule has 1 heterocycles. The Labute approximate surface area is 107 Å². The maximum atomic E-state index is 13.8. The fraction of sp³-hybridized carbons (Fsp3) is 0.583. The van der Waals surface area contributed by atoms with Crippen molar-refractivity contribution in [3.8, 4) is 6.07 Å². The first-order valence-corrected chi connectivity index (χ1v) is 5.90. The Bertz CT molecular complexity index is 427. The number of halogens is 1. The second-order valence-electron chi connectivity index (χ2n) is 4.36. The molecule has 0 aromatic carbocycles. The normalized spacial score (nSPS) is 10.2. The standard InChI is InChI=1S/C12H18FN5/c1-9(2)8-18(6-4-5-14)11-10(13)7-16-12(15-3)17-11/h7,9H,4,6,8H2,1-3H3,(H,15,16,17). The van der Waals surface area contributed by atoms with Crippen molar-refractivity contribution in [2.24, 2.45) is 5.92 Å². The van der Waals surface area contributed by atoms with Crippen LogP contribution < -0.4 is 10.2 Å². The van der Waals surface area contributed by atoms with Crippen LogP contribution in [0.1, 0.15) is 20.3 Å². The summed E-state index contributed by atoms with van der Waals surface area (Å²) in [5, 5.41) is 11.4. The molecule has 0 aliphatic rings. The van der Waals surface area contributed by atoms with Crippen LogP contribution in [-0.2, 0) is 0 Å². The first kappa shape index (κ1) is 14.2. The monoisotopic (exact) mass is 251 g/mol. The van der Waals surface area contributed by atoms with Crippen molar-refractivity contribution < 1.29 is 4.39 Å². The summed E-state index contributed by atoms with van der Waals surface area (Å²) in [6, 6.07) is 2.07. The van der Waals surface area contributed by atoms with Crippen molar-refractivity contribution in [3.63, 3.8) is 0 Å². The minimum absolute atomic E-state index is 0.248. The highest BCUT2D eigenvalue weighted by atomic mass is 19.1. The third-order valence-corrected chi connectivity index (χ3v) is 2.33. The fourth-order valence-electron chi connectivity index (χ4n) is 1.61. The number of nitriles is 1. The van der Waals surface area contributed by atoms with E-state index in [9.17, 15) is 4.39 Å². The van der Waals surface area contributed by atoms with E-state index in [-0.39, 0.29) is 5.82 Å². The Balaban J connectivity index is 2.99. The van der Waals surface area contributed by atoms with Crippen LogP contribution in [0.5, 0.6) is 0 Å². The highest BCUT2D eigenvalue weighted by Crippen LogP contribution is 2.18. The third kappa shape index (κ3) is 3.84. The van der Waals surface area contributed by atoms with Gasteiger partial charge in [0.05, 0.1) is 18.7 Å². The minimum Gasteiger partial charge on any atom is -0.357 e. The van der Waals surface area contributed by atoms with Crippen molar-refractivity contribution in [1.82, 2.24) is 9.97 Å². The second-order valence-corrected chi connectivity index (χ2v) is 4.36. The summed E-state index contributed by atoms with van der Waals surface area (Å²) in [4.78, 5) is 9.71. The van der Waals surface area contributed by atoms with Gasteiger partial charge in [0.15, 0.2) is 11.6 Å². The maximum Gasteiger partial charge on any atom is 0.224 e. The summed E-state index contributed by atoms with van der Waals surface area (Å²) < 4.78 is 13.8. The summed E-state index contributed by atoms with van der Waals surface area (Å²) in [6.07, 6.45) is 1.49. The molecule has 0 atom stereocenters. The van der Waals surface area contributed by atoms with Gasteiger partial charge in [-0.1, -0.05) is 13.8 Å². The molecule has 0 spiro atoms. The van der Waals surface area contributed by atoms with Gasteiger partial charge in [0.2, 0.25) is 5.95 Å². The summed E-state index contributed by atoms with van der Waals surface area (Å²) in [7, 11) is 1.68. The van der Waals surface area contributed by atoms with Gasteiger partial charge in [0.25, 0.3) is 0 Å². The zero-order valence-electron chi connectivity index (χ0n) is 10.9. The first-order valence-electron chi connectivity index (χ1n) is 5.90. The molecular formula is C12H18FN5. The number of hydrogen-bond donors (Lipinski definition) is 1. The van der Waals surface area contributed by atoms with Crippen molar-refractivity contribution >= 4 is 11.8 Å². The Morgan fingerprint density at radius 3 is 2.83 bits per heavy atom. The highest BCUT2D eigenvalue weighted by molar-refractivity contribution is 5.43. The third-order valence-electron chi connectivity index (χ3n) is 2.33. The zero-order valence-corrected chi connectivity index (χ0v) is 10.9. The van der Waals surface area contributed by atoms with Crippen LogP contribution in [-0.4, -0.2) is 30.1 Å². The molecule has 1 aromatic heterocycles. The summed E-state index contributed by atoms with van der Waals surface area (Å²) in [5.74, 6) is 0.513. The predicted octanol–water partition coefficient (Wildman–Crippen LogP) is 2.03. The van der Waals surface area contributed by atoms with E-state index in [0.29, 0.717) is 31.4 Å². The van der Waals surface area contributed by atoms with Gasteiger partial charge in [-0.25, -0.2) is 9.37 Å². The number of rotatable bonds is 6. The molecule has 0 amide bonds. The molecule has 1 rings (SSSR count). The lowest BCUT2D eigenvalue weighted by Gasteiger charge is -2.25. The number of hydrogen-bond acceptors (Lipinski definition) is 5. The minimum atomic E-state index is -0.465. The molecule has 1 N–H and O–H groups in total. The van der Waals surface area contributed by atoms with Gasteiger partial charge in [-0.15, -0.1) is 0 Å². The average molecular weight is 251 g/mol. The number of aromatic nitrogens is 2. The lowest BCUT2D eigenvalue weighted by molar-refractivity contribution is 0.570. The molecule has 0 saturated carbocycles. The Kier molecular flexibility index (Phi) is 5.31. The molecule has 0 radical (unpaired) electrons. The largest absolute Gasteiger partial charge is 0.357 e. The van der Waals surface area contributed by atoms with Crippen LogP contribution in [0.15, 0.2) is 6.20 Å². The van der Waals surface area contributed by atoms with Gasteiger partial charge in [0, 0.05) is 20.1 Å². The lowest BCUT2D eigenvalue weighted by atomic mass is 10.2. The number of anilines is 2. The van der Waals surface area contributed by atoms with Gasteiger partial charge < -0.3 is 10.2 Å². The summed E-state index contributed by atoms with van der Waals surface area (Å²) in [5.41, 5.74) is 0. The van der Waals surface area contributed by atoms with E-state index in [4.69, 9.17) is 5.26 Å². The van der Waals surface area contributed by atoms with E-state index in [1.165, 1.54) is 0 Å². The van der Waals surface area contributed by atoms with Gasteiger partial charge in [-0.2, -0.15) is 10.2 Å². The van der Waals surface area contributed by atoms with Crippen molar-refractivity contribution in [2.75, 3.05) is 30.4 Å². The van der Waals surface area contributed by atoms with Crippen LogP contribution in [0.3, 0.4) is 0 Å². The summed E-state index contributed by atoms with van der Waals surface area (Å²) in [6.45, 7) is 5.19. The zero-order chi connectivity index (χ0) is 13.5. The molecule has 0 aliphatic heterocycles. The molecule has 6 heteroatoms. The average Bonchev–Trinajstić information content (AvgIpc) is 2.35. The van der Waals surface area contributed by atoms with E-state index in [1.807, 2.05) is 13.8 Å². The van der Waals surface area contributed by atoms with Gasteiger partial charge in [-0.3, -0.25) is 0 Å². The van der Waals surface area contributed by atoms with E-state index >= 15 is 0 Å². The molecule has 0 saturated heterocycles. The van der Waals surface area contributed by atoms with Gasteiger partial charge in [0.1, 0.15) is 0 Å². The van der Waals surface area contributed by atoms with Crippen molar-refractivity contribution in [3.05, 3.63) is 12.0 Å². The Morgan fingerprint density at radius 1 is 1.56 bits per heavy atom. The van der Waals surface area contributed by atoms with Gasteiger partial charge >= 0.3 is 0 Å². The molecule has 0 aliphatic carbocycles. The Morgan fingerprint density at radius 2 is 2.28 bits per heavy atom. The fourth-order valence-corrected chi connectivity index (χ4v) is 1.61.